The summed E-state index contributed by atoms with van der Waals surface area (Å²) >= 11 is 5.29. The van der Waals surface area contributed by atoms with Gasteiger partial charge in [0.2, 0.25) is 5.91 Å². The first-order chi connectivity index (χ1) is 11.4. The fraction of sp³-hybridized carbons (Fsp3) is 0.400. The van der Waals surface area contributed by atoms with Gasteiger partial charge in [0.05, 0.1) is 6.04 Å². The maximum Gasteiger partial charge on any atom is 0.327 e. The molecular weight excluding hydrogens is 350 g/mol. The van der Waals surface area contributed by atoms with Crippen LogP contribution in [0.25, 0.3) is 0 Å². The Morgan fingerprint density at radius 1 is 1.38 bits per heavy atom. The van der Waals surface area contributed by atoms with Crippen molar-refractivity contribution in [3.8, 4) is 0 Å². The number of carboxylic acids is 1. The molecule has 0 spiro atoms. The molecule has 9 heteroatoms. The summed E-state index contributed by atoms with van der Waals surface area (Å²) in [6.45, 7) is 0.217. The van der Waals surface area contributed by atoms with Crippen molar-refractivity contribution in [3.63, 3.8) is 0 Å². The van der Waals surface area contributed by atoms with E-state index in [0.717, 1.165) is 0 Å². The van der Waals surface area contributed by atoms with Crippen LogP contribution < -0.4 is 16.4 Å². The number of carbonyl (C=O) groups excluding carboxylic acids is 2. The topological polar surface area (TPSA) is 122 Å². The number of carboxylic acid groups (broad SMARTS) is 1. The lowest BCUT2D eigenvalue weighted by atomic mass is 10.1. The molecule has 2 atom stereocenters. The third-order valence-electron chi connectivity index (χ3n) is 3.13. The molecule has 2 amide bonds. The third kappa shape index (κ3) is 6.42. The van der Waals surface area contributed by atoms with Crippen LogP contribution in [-0.4, -0.2) is 52.7 Å². The van der Waals surface area contributed by atoms with Crippen LogP contribution in [0.15, 0.2) is 24.3 Å². The summed E-state index contributed by atoms with van der Waals surface area (Å²) < 4.78 is 0. The van der Waals surface area contributed by atoms with Crippen LogP contribution >= 0.6 is 24.4 Å². The Morgan fingerprint density at radius 3 is 2.67 bits per heavy atom. The van der Waals surface area contributed by atoms with Crippen molar-refractivity contribution in [2.45, 2.75) is 18.6 Å². The predicted molar refractivity (Wildman–Crippen MR) is 97.4 cm³/mol. The molecule has 24 heavy (non-hydrogen) atoms. The van der Waals surface area contributed by atoms with Crippen molar-refractivity contribution >= 4 is 42.2 Å². The number of nitrogens with one attached hydrogen (secondary N) is 2. The fourth-order valence-electron chi connectivity index (χ4n) is 1.81. The summed E-state index contributed by atoms with van der Waals surface area (Å²) in [7, 11) is 0. The standard InChI is InChI=1S/C15H21N3O4S2/c1-24-8-12(15(21)22)18-13(19)10-4-2-3-9(5-10)6-17-14(20)11(16)7-23/h2-5,11-12,23H,6-8,16H2,1H3,(H,17,20)(H,18,19)(H,21,22)/t11-,12-/m0/s1. The second-order valence-electron chi connectivity index (χ2n) is 5.03. The van der Waals surface area contributed by atoms with Crippen molar-refractivity contribution in [1.29, 1.82) is 0 Å². The van der Waals surface area contributed by atoms with Crippen molar-refractivity contribution in [2.75, 3.05) is 17.8 Å². The number of benzene rings is 1. The average Bonchev–Trinajstić information content (AvgIpc) is 2.58. The fourth-order valence-corrected chi connectivity index (χ4v) is 2.53. The number of nitrogens with two attached hydrogens (primary N) is 1. The van der Waals surface area contributed by atoms with Crippen LogP contribution in [0.4, 0.5) is 0 Å². The number of hydrogen-bond acceptors (Lipinski definition) is 6. The Labute approximate surface area is 150 Å². The van der Waals surface area contributed by atoms with Crippen molar-refractivity contribution in [2.24, 2.45) is 5.73 Å². The molecule has 132 valence electrons. The zero-order chi connectivity index (χ0) is 18.1. The highest BCUT2D eigenvalue weighted by molar-refractivity contribution is 7.98. The molecule has 0 aliphatic carbocycles. The van der Waals surface area contributed by atoms with Gasteiger partial charge in [-0.25, -0.2) is 4.79 Å². The molecule has 7 nitrogen and oxygen atoms in total. The smallest absolute Gasteiger partial charge is 0.327 e. The lowest BCUT2D eigenvalue weighted by Gasteiger charge is -2.14. The number of carbonyl (C=O) groups is 3. The van der Waals surface area contributed by atoms with Crippen LogP contribution in [0.1, 0.15) is 15.9 Å². The van der Waals surface area contributed by atoms with Crippen LogP contribution in [-0.2, 0) is 16.1 Å². The van der Waals surface area contributed by atoms with Gasteiger partial charge >= 0.3 is 5.97 Å². The van der Waals surface area contributed by atoms with Gasteiger partial charge in [0.25, 0.3) is 5.91 Å². The molecule has 0 aromatic heterocycles. The van der Waals surface area contributed by atoms with E-state index in [1.165, 1.54) is 11.8 Å². The van der Waals surface area contributed by atoms with Crippen LogP contribution in [0, 0.1) is 0 Å². The minimum atomic E-state index is -1.08. The molecule has 0 saturated carbocycles. The van der Waals surface area contributed by atoms with Crippen LogP contribution in [0.5, 0.6) is 0 Å². The first kappa shape index (κ1) is 20.3. The molecule has 0 aliphatic heterocycles. The number of hydrogen-bond donors (Lipinski definition) is 5. The summed E-state index contributed by atoms with van der Waals surface area (Å²) in [5, 5.41) is 14.2. The Kier molecular flexibility index (Phi) is 8.66. The van der Waals surface area contributed by atoms with Gasteiger partial charge in [-0.2, -0.15) is 24.4 Å². The molecule has 0 bridgehead atoms. The van der Waals surface area contributed by atoms with Gasteiger partial charge in [-0.3, -0.25) is 9.59 Å². The maximum absolute atomic E-state index is 12.2. The van der Waals surface area contributed by atoms with E-state index in [1.54, 1.807) is 30.5 Å². The van der Waals surface area contributed by atoms with Crippen LogP contribution in [0.2, 0.25) is 0 Å². The summed E-state index contributed by atoms with van der Waals surface area (Å²) in [5.41, 5.74) is 6.59. The second kappa shape index (κ2) is 10.2. The van der Waals surface area contributed by atoms with E-state index < -0.39 is 24.0 Å². The van der Waals surface area contributed by atoms with Gasteiger partial charge in [0.15, 0.2) is 0 Å². The molecule has 0 saturated heterocycles. The number of rotatable bonds is 9. The van der Waals surface area contributed by atoms with Gasteiger partial charge in [0.1, 0.15) is 6.04 Å². The molecule has 0 heterocycles. The van der Waals surface area contributed by atoms with Gasteiger partial charge in [0, 0.05) is 23.6 Å². The number of thioether (sulfide) groups is 1. The third-order valence-corrected chi connectivity index (χ3v) is 4.19. The molecule has 1 aromatic carbocycles. The first-order valence-corrected chi connectivity index (χ1v) is 9.17. The van der Waals surface area contributed by atoms with Crippen LogP contribution in [0.3, 0.4) is 0 Å². The quantitative estimate of drug-likeness (QED) is 0.393. The first-order valence-electron chi connectivity index (χ1n) is 7.14. The van der Waals surface area contributed by atoms with Gasteiger partial charge in [-0.15, -0.1) is 0 Å². The molecule has 1 aromatic rings. The van der Waals surface area contributed by atoms with Gasteiger partial charge in [-0.1, -0.05) is 12.1 Å². The van der Waals surface area contributed by atoms with E-state index >= 15 is 0 Å². The van der Waals surface area contributed by atoms with Crippen molar-refractivity contribution in [1.82, 2.24) is 10.6 Å². The minimum Gasteiger partial charge on any atom is -0.480 e. The summed E-state index contributed by atoms with van der Waals surface area (Å²) in [5.74, 6) is -1.37. The zero-order valence-electron chi connectivity index (χ0n) is 13.2. The normalized spacial score (nSPS) is 13.0. The Hall–Kier alpha value is -1.71. The van der Waals surface area contributed by atoms with Gasteiger partial charge in [-0.05, 0) is 24.0 Å². The zero-order valence-corrected chi connectivity index (χ0v) is 14.9. The van der Waals surface area contributed by atoms with E-state index in [2.05, 4.69) is 23.3 Å². The van der Waals surface area contributed by atoms with E-state index in [-0.39, 0.29) is 24.0 Å². The van der Waals surface area contributed by atoms with E-state index in [1.807, 2.05) is 0 Å². The highest BCUT2D eigenvalue weighted by atomic mass is 32.2. The average molecular weight is 371 g/mol. The minimum absolute atomic E-state index is 0.217. The number of amides is 2. The molecule has 0 unspecified atom stereocenters. The lowest BCUT2D eigenvalue weighted by molar-refractivity contribution is -0.138. The Balaban J connectivity index is 2.71. The largest absolute Gasteiger partial charge is 0.480 e. The van der Waals surface area contributed by atoms with E-state index in [0.29, 0.717) is 11.1 Å². The lowest BCUT2D eigenvalue weighted by Crippen LogP contribution is -2.42. The molecule has 0 radical (unpaired) electrons. The van der Waals surface area contributed by atoms with Crippen molar-refractivity contribution in [3.05, 3.63) is 35.4 Å². The second-order valence-corrected chi connectivity index (χ2v) is 6.30. The predicted octanol–water partition coefficient (Wildman–Crippen LogP) is 0.106. The Bertz CT molecular complexity index is 598. The van der Waals surface area contributed by atoms with Crippen molar-refractivity contribution < 1.29 is 19.5 Å². The summed E-state index contributed by atoms with van der Waals surface area (Å²) in [4.78, 5) is 34.9. The monoisotopic (exact) mass is 371 g/mol. The molecule has 0 aliphatic rings. The Morgan fingerprint density at radius 2 is 2.08 bits per heavy atom. The number of aliphatic carboxylic acids is 1. The molecule has 1 rings (SSSR count). The van der Waals surface area contributed by atoms with Gasteiger partial charge < -0.3 is 21.5 Å². The maximum atomic E-state index is 12.2. The van der Waals surface area contributed by atoms with E-state index in [9.17, 15) is 14.4 Å². The summed E-state index contributed by atoms with van der Waals surface area (Å²) in [6.07, 6.45) is 1.76. The highest BCUT2D eigenvalue weighted by Gasteiger charge is 2.20. The highest BCUT2D eigenvalue weighted by Crippen LogP contribution is 2.07. The summed E-state index contributed by atoms with van der Waals surface area (Å²) in [6, 6.07) is 4.95. The van der Waals surface area contributed by atoms with E-state index in [4.69, 9.17) is 10.8 Å². The molecule has 0 fully saturated rings. The molecular formula is C15H21N3O4S2. The number of thiol groups is 1. The molecule has 5 N–H and O–H groups in total. The SMILES string of the molecule is CSC[C@H](NC(=O)c1cccc(CNC(=O)[C@@H](N)CS)c1)C(=O)O.